The first-order valence-corrected chi connectivity index (χ1v) is 8.09. The summed E-state index contributed by atoms with van der Waals surface area (Å²) in [6, 6.07) is 1.93. The van der Waals surface area contributed by atoms with E-state index < -0.39 is 0 Å². The second-order valence-corrected chi connectivity index (χ2v) is 6.66. The van der Waals surface area contributed by atoms with E-state index in [1.165, 1.54) is 19.3 Å². The topological polar surface area (TPSA) is 59.8 Å². The molecule has 5 heteroatoms. The van der Waals surface area contributed by atoms with Crippen molar-refractivity contribution >= 4 is 16.9 Å². The van der Waals surface area contributed by atoms with Crippen molar-refractivity contribution in [2.75, 3.05) is 6.54 Å². The van der Waals surface area contributed by atoms with Gasteiger partial charge in [-0.25, -0.2) is 4.98 Å². The zero-order valence-corrected chi connectivity index (χ0v) is 13.8. The highest BCUT2D eigenvalue weighted by molar-refractivity contribution is 6.06. The van der Waals surface area contributed by atoms with Gasteiger partial charge in [-0.1, -0.05) is 20.3 Å². The maximum absolute atomic E-state index is 12.7. The van der Waals surface area contributed by atoms with Gasteiger partial charge in [0.25, 0.3) is 5.91 Å². The van der Waals surface area contributed by atoms with Gasteiger partial charge in [-0.2, -0.15) is 5.10 Å². The van der Waals surface area contributed by atoms with Crippen LogP contribution in [0.5, 0.6) is 0 Å². The van der Waals surface area contributed by atoms with E-state index in [9.17, 15) is 4.79 Å². The summed E-state index contributed by atoms with van der Waals surface area (Å²) in [7, 11) is 1.88. The Kier molecular flexibility index (Phi) is 3.89. The van der Waals surface area contributed by atoms with Crippen molar-refractivity contribution in [3.63, 3.8) is 0 Å². The largest absolute Gasteiger partial charge is 0.352 e. The summed E-state index contributed by atoms with van der Waals surface area (Å²) in [4.78, 5) is 17.3. The van der Waals surface area contributed by atoms with E-state index in [-0.39, 0.29) is 11.8 Å². The lowest BCUT2D eigenvalue weighted by Gasteiger charge is -2.25. The third kappa shape index (κ3) is 2.60. The summed E-state index contributed by atoms with van der Waals surface area (Å²) in [6.07, 6.45) is 3.75. The molecule has 22 heavy (non-hydrogen) atoms. The number of rotatable bonds is 4. The molecule has 0 aromatic carbocycles. The number of amides is 1. The molecule has 1 N–H and O–H groups in total. The van der Waals surface area contributed by atoms with Gasteiger partial charge in [0.2, 0.25) is 0 Å². The maximum Gasteiger partial charge on any atom is 0.252 e. The average molecular weight is 300 g/mol. The molecule has 0 spiro atoms. The molecular formula is C17H24N4O. The van der Waals surface area contributed by atoms with Crippen molar-refractivity contribution in [1.82, 2.24) is 20.1 Å². The van der Waals surface area contributed by atoms with Gasteiger partial charge in [-0.05, 0) is 37.7 Å². The van der Waals surface area contributed by atoms with E-state index >= 15 is 0 Å². The molecular weight excluding hydrogens is 276 g/mol. The van der Waals surface area contributed by atoms with Crippen molar-refractivity contribution < 1.29 is 4.79 Å². The predicted octanol–water partition coefficient (Wildman–Crippen LogP) is 2.93. The number of carbonyl (C=O) groups excluding carboxylic acids is 1. The molecule has 1 aliphatic carbocycles. The fraction of sp³-hybridized carbons (Fsp3) is 0.588. The van der Waals surface area contributed by atoms with Crippen molar-refractivity contribution in [3.8, 4) is 0 Å². The van der Waals surface area contributed by atoms with E-state index in [0.29, 0.717) is 11.5 Å². The van der Waals surface area contributed by atoms with Crippen LogP contribution in [0.4, 0.5) is 0 Å². The Bertz CT molecular complexity index is 713. The number of pyridine rings is 1. The van der Waals surface area contributed by atoms with Crippen molar-refractivity contribution in [2.24, 2.45) is 13.0 Å². The lowest BCUT2D eigenvalue weighted by Crippen LogP contribution is -2.32. The molecule has 1 aliphatic rings. The van der Waals surface area contributed by atoms with Crippen LogP contribution in [0.2, 0.25) is 0 Å². The lowest BCUT2D eigenvalue weighted by atomic mass is 9.85. The number of hydrogen-bond acceptors (Lipinski definition) is 3. The third-order valence-corrected chi connectivity index (χ3v) is 4.60. The Morgan fingerprint density at radius 1 is 1.45 bits per heavy atom. The number of carbonyl (C=O) groups is 1. The van der Waals surface area contributed by atoms with Crippen LogP contribution >= 0.6 is 0 Å². The highest BCUT2D eigenvalue weighted by atomic mass is 16.1. The molecule has 1 amide bonds. The number of fused-ring (bicyclic) bond motifs is 1. The molecule has 0 atom stereocenters. The molecule has 2 aromatic heterocycles. The van der Waals surface area contributed by atoms with E-state index in [2.05, 4.69) is 29.2 Å². The number of aryl methyl sites for hydroxylation is 2. The van der Waals surface area contributed by atoms with Crippen LogP contribution in [0, 0.1) is 12.8 Å². The summed E-state index contributed by atoms with van der Waals surface area (Å²) in [6.45, 7) is 6.89. The van der Waals surface area contributed by atoms with Gasteiger partial charge < -0.3 is 5.32 Å². The Balaban J connectivity index is 1.99. The predicted molar refractivity (Wildman–Crippen MR) is 87.0 cm³/mol. The van der Waals surface area contributed by atoms with E-state index in [4.69, 9.17) is 0 Å². The van der Waals surface area contributed by atoms with Crippen LogP contribution in [-0.4, -0.2) is 27.2 Å². The molecule has 0 unspecified atom stereocenters. The summed E-state index contributed by atoms with van der Waals surface area (Å²) in [5.74, 6) is 0.927. The quantitative estimate of drug-likeness (QED) is 0.944. The molecule has 2 aromatic rings. The highest BCUT2D eigenvalue weighted by Crippen LogP contribution is 2.27. The Morgan fingerprint density at radius 3 is 2.77 bits per heavy atom. The second kappa shape index (κ2) is 5.71. The van der Waals surface area contributed by atoms with Gasteiger partial charge in [-0.15, -0.1) is 0 Å². The van der Waals surface area contributed by atoms with Crippen LogP contribution in [0.25, 0.3) is 11.0 Å². The highest BCUT2D eigenvalue weighted by Gasteiger charge is 2.22. The molecule has 0 saturated heterocycles. The zero-order chi connectivity index (χ0) is 15.9. The van der Waals surface area contributed by atoms with Gasteiger partial charge >= 0.3 is 0 Å². The molecule has 118 valence electrons. The van der Waals surface area contributed by atoms with Crippen LogP contribution in [0.15, 0.2) is 6.07 Å². The van der Waals surface area contributed by atoms with Gasteiger partial charge in [0.1, 0.15) is 0 Å². The number of aromatic nitrogens is 3. The average Bonchev–Trinajstić information content (AvgIpc) is 2.71. The molecule has 1 saturated carbocycles. The van der Waals surface area contributed by atoms with Gasteiger partial charge in [-0.3, -0.25) is 9.48 Å². The molecule has 2 heterocycles. The minimum absolute atomic E-state index is 0.00250. The van der Waals surface area contributed by atoms with E-state index in [1.807, 2.05) is 20.0 Å². The first kappa shape index (κ1) is 15.0. The minimum Gasteiger partial charge on any atom is -0.352 e. The summed E-state index contributed by atoms with van der Waals surface area (Å²) in [5, 5.41) is 8.40. The zero-order valence-electron chi connectivity index (χ0n) is 13.8. The summed E-state index contributed by atoms with van der Waals surface area (Å²) in [5.41, 5.74) is 3.29. The van der Waals surface area contributed by atoms with Gasteiger partial charge in [0.05, 0.1) is 16.6 Å². The number of nitrogens with one attached hydrogen (secondary N) is 1. The van der Waals surface area contributed by atoms with Crippen LogP contribution in [0.1, 0.15) is 60.8 Å². The third-order valence-electron chi connectivity index (χ3n) is 4.60. The molecule has 0 bridgehead atoms. The Hall–Kier alpha value is -1.91. The standard InChI is InChI=1S/C17H24N4O/c1-10(2)14-8-13(17(22)18-9-12-6-5-7-12)15-11(3)20-21(4)16(15)19-14/h8,10,12H,5-7,9H2,1-4H3,(H,18,22). The van der Waals surface area contributed by atoms with Crippen molar-refractivity contribution in [2.45, 2.75) is 46.0 Å². The second-order valence-electron chi connectivity index (χ2n) is 6.66. The van der Waals surface area contributed by atoms with Crippen molar-refractivity contribution in [3.05, 3.63) is 23.0 Å². The molecule has 0 aliphatic heterocycles. The maximum atomic E-state index is 12.7. The first-order chi connectivity index (χ1) is 10.5. The fourth-order valence-corrected chi connectivity index (χ4v) is 2.97. The van der Waals surface area contributed by atoms with Gasteiger partial charge in [0.15, 0.2) is 5.65 Å². The number of hydrogen-bond donors (Lipinski definition) is 1. The monoisotopic (exact) mass is 300 g/mol. The Labute approximate surface area is 131 Å². The molecule has 0 radical (unpaired) electrons. The molecule has 1 fully saturated rings. The van der Waals surface area contributed by atoms with Crippen molar-refractivity contribution in [1.29, 1.82) is 0 Å². The van der Waals surface area contributed by atoms with E-state index in [0.717, 1.165) is 29.0 Å². The normalized spacial score (nSPS) is 15.3. The number of nitrogens with zero attached hydrogens (tertiary/aromatic N) is 3. The molecule has 3 rings (SSSR count). The summed E-state index contributed by atoms with van der Waals surface area (Å²) >= 11 is 0. The molecule has 5 nitrogen and oxygen atoms in total. The minimum atomic E-state index is -0.00250. The van der Waals surface area contributed by atoms with E-state index in [1.54, 1.807) is 4.68 Å². The lowest BCUT2D eigenvalue weighted by molar-refractivity contribution is 0.0940. The summed E-state index contributed by atoms with van der Waals surface area (Å²) < 4.78 is 1.76. The fourth-order valence-electron chi connectivity index (χ4n) is 2.97. The van der Waals surface area contributed by atoms with Crippen LogP contribution < -0.4 is 5.32 Å². The Morgan fingerprint density at radius 2 is 2.18 bits per heavy atom. The van der Waals surface area contributed by atoms with Crippen LogP contribution in [0.3, 0.4) is 0 Å². The van der Waals surface area contributed by atoms with Gasteiger partial charge in [0, 0.05) is 19.3 Å². The SMILES string of the molecule is Cc1nn(C)c2nc(C(C)C)cc(C(=O)NCC3CCC3)c12. The smallest absolute Gasteiger partial charge is 0.252 e. The van der Waals surface area contributed by atoms with Crippen LogP contribution in [-0.2, 0) is 7.05 Å². The first-order valence-electron chi connectivity index (χ1n) is 8.09.